The minimum Gasteiger partial charge on any atom is -0.456 e. The first-order valence-corrected chi connectivity index (χ1v) is 6.71. The Kier molecular flexibility index (Phi) is 2.19. The van der Waals surface area contributed by atoms with E-state index in [4.69, 9.17) is 4.74 Å². The first kappa shape index (κ1) is 10.7. The molecule has 4 heteroatoms. The van der Waals surface area contributed by atoms with Crippen LogP contribution in [0.25, 0.3) is 21.7 Å². The van der Waals surface area contributed by atoms with Gasteiger partial charge in [-0.2, -0.15) is 0 Å². The fraction of sp³-hybridized carbons (Fsp3) is 0. The van der Waals surface area contributed by atoms with Crippen molar-refractivity contribution in [1.29, 1.82) is 0 Å². The monoisotopic (exact) mass is 269 g/mol. The lowest BCUT2D eigenvalue weighted by Crippen LogP contribution is -1.87. The summed E-state index contributed by atoms with van der Waals surface area (Å²) in [4.78, 5) is 5.38. The van der Waals surface area contributed by atoms with Crippen LogP contribution < -0.4 is 4.74 Å². The summed E-state index contributed by atoms with van der Waals surface area (Å²) in [6.45, 7) is 0. The molecule has 92 valence electrons. The molecular formula is C15H8FNOS. The highest BCUT2D eigenvalue weighted by Gasteiger charge is 2.22. The lowest BCUT2D eigenvalue weighted by atomic mass is 10.1. The number of halogens is 1. The van der Waals surface area contributed by atoms with Gasteiger partial charge in [0.15, 0.2) is 0 Å². The Morgan fingerprint density at radius 2 is 1.84 bits per heavy atom. The Balaban J connectivity index is 2.10. The predicted octanol–water partition coefficient (Wildman–Crippen LogP) is 4.72. The number of ether oxygens (including phenoxy) is 1. The Hall–Kier alpha value is -2.20. The van der Waals surface area contributed by atoms with E-state index in [2.05, 4.69) is 4.98 Å². The second-order valence-electron chi connectivity index (χ2n) is 4.27. The predicted molar refractivity (Wildman–Crippen MR) is 73.0 cm³/mol. The van der Waals surface area contributed by atoms with Crippen LogP contribution in [0.3, 0.4) is 0 Å². The summed E-state index contributed by atoms with van der Waals surface area (Å²) >= 11 is 1.54. The Morgan fingerprint density at radius 1 is 1.00 bits per heavy atom. The van der Waals surface area contributed by atoms with E-state index in [-0.39, 0.29) is 5.82 Å². The van der Waals surface area contributed by atoms with Gasteiger partial charge >= 0.3 is 0 Å². The molecule has 0 unspecified atom stereocenters. The van der Waals surface area contributed by atoms with E-state index in [1.54, 1.807) is 11.6 Å². The first-order chi connectivity index (χ1) is 9.33. The summed E-state index contributed by atoms with van der Waals surface area (Å²) in [7, 11) is 0. The quantitative estimate of drug-likeness (QED) is 0.460. The number of fused-ring (bicyclic) bond motifs is 5. The fourth-order valence-corrected chi connectivity index (χ4v) is 3.10. The van der Waals surface area contributed by atoms with Gasteiger partial charge in [-0.15, -0.1) is 11.3 Å². The van der Waals surface area contributed by atoms with Gasteiger partial charge in [0.1, 0.15) is 17.3 Å². The van der Waals surface area contributed by atoms with Crippen LogP contribution in [0.4, 0.5) is 4.39 Å². The van der Waals surface area contributed by atoms with E-state index in [0.717, 1.165) is 21.9 Å². The molecule has 4 rings (SSSR count). The molecule has 0 spiro atoms. The lowest BCUT2D eigenvalue weighted by molar-refractivity contribution is 0.485. The third kappa shape index (κ3) is 1.57. The minimum atomic E-state index is -0.285. The van der Waals surface area contributed by atoms with Gasteiger partial charge in [-0.1, -0.05) is 12.1 Å². The van der Waals surface area contributed by atoms with Crippen LogP contribution in [0.2, 0.25) is 0 Å². The Bertz CT molecular complexity index is 781. The zero-order chi connectivity index (χ0) is 12.8. The number of benzene rings is 2. The van der Waals surface area contributed by atoms with E-state index < -0.39 is 0 Å². The van der Waals surface area contributed by atoms with Crippen LogP contribution in [0.5, 0.6) is 11.5 Å². The zero-order valence-electron chi connectivity index (χ0n) is 9.76. The summed E-state index contributed by atoms with van der Waals surface area (Å²) in [6.07, 6.45) is 0. The van der Waals surface area contributed by atoms with Gasteiger partial charge in [0.05, 0.1) is 16.1 Å². The molecule has 1 aliphatic heterocycles. The molecule has 0 saturated carbocycles. The standard InChI is InChI=1S/C15H8FNOS/c16-9-5-6-13-11(7-9)14-15(19-8-17-14)10-3-1-2-4-12(10)18-13/h1-8H. The van der Waals surface area contributed by atoms with E-state index >= 15 is 0 Å². The van der Waals surface area contributed by atoms with Crippen molar-refractivity contribution in [3.05, 3.63) is 53.8 Å². The molecular weight excluding hydrogens is 261 g/mol. The molecule has 19 heavy (non-hydrogen) atoms. The minimum absolute atomic E-state index is 0.285. The van der Waals surface area contributed by atoms with Crippen molar-refractivity contribution in [3.63, 3.8) is 0 Å². The molecule has 0 atom stereocenters. The number of nitrogens with zero attached hydrogens (tertiary/aromatic N) is 1. The second kappa shape index (κ2) is 3.90. The highest BCUT2D eigenvalue weighted by Crippen LogP contribution is 2.47. The van der Waals surface area contributed by atoms with Crippen molar-refractivity contribution >= 4 is 11.3 Å². The molecule has 0 bridgehead atoms. The molecule has 2 heterocycles. The van der Waals surface area contributed by atoms with Crippen LogP contribution in [0.15, 0.2) is 48.0 Å². The Morgan fingerprint density at radius 3 is 2.79 bits per heavy atom. The molecule has 0 fully saturated rings. The molecule has 0 saturated heterocycles. The van der Waals surface area contributed by atoms with Crippen molar-refractivity contribution in [1.82, 2.24) is 4.98 Å². The van der Waals surface area contributed by atoms with Crippen LogP contribution >= 0.6 is 11.3 Å². The maximum absolute atomic E-state index is 13.5. The van der Waals surface area contributed by atoms with Crippen molar-refractivity contribution in [2.45, 2.75) is 0 Å². The van der Waals surface area contributed by atoms with Gasteiger partial charge in [0, 0.05) is 11.1 Å². The fourth-order valence-electron chi connectivity index (χ4n) is 2.27. The molecule has 2 nitrogen and oxygen atoms in total. The number of para-hydroxylation sites is 1. The normalized spacial score (nSPS) is 11.8. The molecule has 0 N–H and O–H groups in total. The maximum atomic E-state index is 13.5. The van der Waals surface area contributed by atoms with E-state index in [0.29, 0.717) is 11.3 Å². The van der Waals surface area contributed by atoms with Gasteiger partial charge in [-0.05, 0) is 30.3 Å². The topological polar surface area (TPSA) is 22.1 Å². The van der Waals surface area contributed by atoms with Gasteiger partial charge < -0.3 is 4.74 Å². The van der Waals surface area contributed by atoms with Crippen LogP contribution in [-0.2, 0) is 0 Å². The van der Waals surface area contributed by atoms with Crippen LogP contribution in [0, 0.1) is 5.82 Å². The average Bonchev–Trinajstić information content (AvgIpc) is 2.86. The number of aromatic nitrogens is 1. The SMILES string of the molecule is Fc1ccc2c(c1)-c1ncsc1-c1ccccc1O2. The molecule has 0 aliphatic carbocycles. The van der Waals surface area contributed by atoms with Crippen LogP contribution in [-0.4, -0.2) is 4.98 Å². The third-order valence-corrected chi connectivity index (χ3v) is 3.98. The van der Waals surface area contributed by atoms with Crippen LogP contribution in [0.1, 0.15) is 0 Å². The van der Waals surface area contributed by atoms with Gasteiger partial charge in [0.2, 0.25) is 0 Å². The van der Waals surface area contributed by atoms with Crippen molar-refractivity contribution < 1.29 is 9.13 Å². The molecule has 1 aromatic heterocycles. The van der Waals surface area contributed by atoms with E-state index in [1.165, 1.54) is 23.5 Å². The van der Waals surface area contributed by atoms with E-state index in [9.17, 15) is 4.39 Å². The largest absolute Gasteiger partial charge is 0.456 e. The number of hydrogen-bond acceptors (Lipinski definition) is 3. The summed E-state index contributed by atoms with van der Waals surface area (Å²) in [5.41, 5.74) is 4.26. The summed E-state index contributed by atoms with van der Waals surface area (Å²) in [5.74, 6) is 1.13. The second-order valence-corrected chi connectivity index (χ2v) is 5.12. The summed E-state index contributed by atoms with van der Waals surface area (Å²) < 4.78 is 19.4. The molecule has 1 aliphatic rings. The highest BCUT2D eigenvalue weighted by molar-refractivity contribution is 7.13. The van der Waals surface area contributed by atoms with Crippen molar-refractivity contribution in [2.24, 2.45) is 0 Å². The number of hydrogen-bond donors (Lipinski definition) is 0. The maximum Gasteiger partial charge on any atom is 0.137 e. The van der Waals surface area contributed by atoms with E-state index in [1.807, 2.05) is 24.3 Å². The average molecular weight is 269 g/mol. The van der Waals surface area contributed by atoms with Gasteiger partial charge in [0.25, 0.3) is 0 Å². The molecule has 2 aromatic carbocycles. The third-order valence-electron chi connectivity index (χ3n) is 3.12. The van der Waals surface area contributed by atoms with Gasteiger partial charge in [-0.3, -0.25) is 0 Å². The first-order valence-electron chi connectivity index (χ1n) is 5.83. The highest BCUT2D eigenvalue weighted by atomic mass is 32.1. The van der Waals surface area contributed by atoms with Gasteiger partial charge in [-0.25, -0.2) is 9.37 Å². The molecule has 3 aromatic rings. The summed E-state index contributed by atoms with van der Waals surface area (Å²) in [6, 6.07) is 12.3. The molecule has 0 radical (unpaired) electrons. The summed E-state index contributed by atoms with van der Waals surface area (Å²) in [5, 5.41) is 0. The smallest absolute Gasteiger partial charge is 0.137 e. The van der Waals surface area contributed by atoms with Crippen molar-refractivity contribution in [3.8, 4) is 33.2 Å². The molecule has 0 amide bonds. The number of rotatable bonds is 0. The van der Waals surface area contributed by atoms with Crippen molar-refractivity contribution in [2.75, 3.05) is 0 Å². The Labute approximate surface area is 113 Å². The number of thiazole rings is 1. The lowest BCUT2D eigenvalue weighted by Gasteiger charge is -2.08. The zero-order valence-corrected chi connectivity index (χ0v) is 10.6.